The molecule has 0 aliphatic rings. The van der Waals surface area contributed by atoms with E-state index in [0.717, 1.165) is 0 Å². The number of sulfone groups is 1. The van der Waals surface area contributed by atoms with Gasteiger partial charge in [-0.25, -0.2) is 13.2 Å². The van der Waals surface area contributed by atoms with Crippen molar-refractivity contribution in [2.24, 2.45) is 7.05 Å². The third-order valence-electron chi connectivity index (χ3n) is 3.08. The lowest BCUT2D eigenvalue weighted by Gasteiger charge is -2.10. The highest BCUT2D eigenvalue weighted by Crippen LogP contribution is 2.23. The van der Waals surface area contributed by atoms with Crippen molar-refractivity contribution in [2.75, 3.05) is 0 Å². The average Bonchev–Trinajstić information content (AvgIpc) is 2.72. The van der Waals surface area contributed by atoms with Crippen LogP contribution in [0, 0.1) is 13.8 Å². The molecule has 7 nitrogen and oxygen atoms in total. The zero-order valence-electron chi connectivity index (χ0n) is 11.9. The van der Waals surface area contributed by atoms with Crippen LogP contribution in [0.3, 0.4) is 0 Å². The summed E-state index contributed by atoms with van der Waals surface area (Å²) in [6.07, 6.45) is 1.51. The number of carboxylic acids is 1. The lowest BCUT2D eigenvalue weighted by molar-refractivity contribution is 0.0696. The summed E-state index contributed by atoms with van der Waals surface area (Å²) < 4.78 is 26.3. The topological polar surface area (TPSA) is 102 Å². The molecule has 0 unspecified atom stereocenters. The number of aryl methyl sites for hydroxylation is 3. The van der Waals surface area contributed by atoms with Crippen LogP contribution in [0.2, 0.25) is 0 Å². The molecule has 2 aromatic rings. The summed E-state index contributed by atoms with van der Waals surface area (Å²) in [7, 11) is -2.04. The first kappa shape index (κ1) is 15.2. The van der Waals surface area contributed by atoms with Crippen molar-refractivity contribution in [1.29, 1.82) is 0 Å². The Labute approximate surface area is 122 Å². The lowest BCUT2D eigenvalue weighted by Crippen LogP contribution is -2.10. The molecule has 8 heteroatoms. The van der Waals surface area contributed by atoms with Crippen LogP contribution >= 0.6 is 0 Å². The van der Waals surface area contributed by atoms with E-state index in [1.165, 1.54) is 16.9 Å². The third kappa shape index (κ3) is 3.10. The van der Waals surface area contributed by atoms with Gasteiger partial charge in [0.05, 0.1) is 16.2 Å². The Kier molecular flexibility index (Phi) is 3.82. The van der Waals surface area contributed by atoms with E-state index in [1.54, 1.807) is 27.0 Å². The summed E-state index contributed by atoms with van der Waals surface area (Å²) in [5, 5.41) is 16.6. The second-order valence-corrected chi connectivity index (χ2v) is 6.84. The average molecular weight is 309 g/mol. The van der Waals surface area contributed by atoms with Crippen LogP contribution in [0.15, 0.2) is 23.2 Å². The molecule has 0 saturated carbocycles. The summed E-state index contributed by atoms with van der Waals surface area (Å²) in [6.45, 7) is 3.28. The number of aromatic nitrogens is 3. The highest BCUT2D eigenvalue weighted by molar-refractivity contribution is 7.90. The summed E-state index contributed by atoms with van der Waals surface area (Å²) in [6, 6.07) is 2.77. The van der Waals surface area contributed by atoms with Crippen molar-refractivity contribution in [3.63, 3.8) is 0 Å². The zero-order chi connectivity index (χ0) is 15.8. The van der Waals surface area contributed by atoms with Gasteiger partial charge in [0, 0.05) is 13.2 Å². The van der Waals surface area contributed by atoms with Crippen molar-refractivity contribution >= 4 is 15.8 Å². The minimum Gasteiger partial charge on any atom is -0.478 e. The molecule has 0 amide bonds. The minimum atomic E-state index is -3.68. The van der Waals surface area contributed by atoms with Crippen molar-refractivity contribution in [3.05, 3.63) is 40.7 Å². The molecule has 0 spiro atoms. The van der Waals surface area contributed by atoms with Crippen molar-refractivity contribution in [1.82, 2.24) is 15.0 Å². The van der Waals surface area contributed by atoms with Crippen LogP contribution in [0.25, 0.3) is 0 Å². The molecular formula is C13H15N3O4S. The highest BCUT2D eigenvalue weighted by atomic mass is 32.2. The molecule has 112 valence electrons. The van der Waals surface area contributed by atoms with Crippen LogP contribution in [0.4, 0.5) is 0 Å². The number of aromatic carboxylic acids is 1. The molecule has 2 rings (SSSR count). The minimum absolute atomic E-state index is 0.0103. The van der Waals surface area contributed by atoms with E-state index in [2.05, 4.69) is 10.3 Å². The molecule has 1 aromatic carbocycles. The number of hydrogen-bond acceptors (Lipinski definition) is 5. The Morgan fingerprint density at radius 3 is 2.48 bits per heavy atom. The molecule has 1 N–H and O–H groups in total. The van der Waals surface area contributed by atoms with E-state index in [9.17, 15) is 13.2 Å². The van der Waals surface area contributed by atoms with Crippen molar-refractivity contribution < 1.29 is 18.3 Å². The summed E-state index contributed by atoms with van der Waals surface area (Å²) in [5.74, 6) is -1.47. The fraction of sp³-hybridized carbons (Fsp3) is 0.308. The second kappa shape index (κ2) is 5.28. The van der Waals surface area contributed by atoms with Crippen molar-refractivity contribution in [3.8, 4) is 0 Å². The van der Waals surface area contributed by atoms with E-state index in [1.807, 2.05) is 0 Å². The maximum Gasteiger partial charge on any atom is 0.335 e. The molecule has 0 atom stereocenters. The highest BCUT2D eigenvalue weighted by Gasteiger charge is 2.22. The molecule has 0 radical (unpaired) electrons. The fourth-order valence-electron chi connectivity index (χ4n) is 2.13. The summed E-state index contributed by atoms with van der Waals surface area (Å²) in [4.78, 5) is 11.2. The molecule has 0 aliphatic heterocycles. The number of nitrogens with zero attached hydrogens (tertiary/aromatic N) is 3. The molecule has 1 aromatic heterocycles. The van der Waals surface area contributed by atoms with Gasteiger partial charge in [-0.15, -0.1) is 5.10 Å². The molecule has 21 heavy (non-hydrogen) atoms. The first-order valence-electron chi connectivity index (χ1n) is 6.13. The van der Waals surface area contributed by atoms with Gasteiger partial charge in [0.15, 0.2) is 9.84 Å². The summed E-state index contributed by atoms with van der Waals surface area (Å²) >= 11 is 0. The second-order valence-electron chi connectivity index (χ2n) is 4.88. The Hall–Kier alpha value is -2.22. The van der Waals surface area contributed by atoms with E-state index >= 15 is 0 Å². The van der Waals surface area contributed by atoms with Crippen LogP contribution in [-0.2, 0) is 22.6 Å². The normalized spacial score (nSPS) is 11.6. The van der Waals surface area contributed by atoms with Gasteiger partial charge in [-0.3, -0.25) is 4.68 Å². The number of rotatable bonds is 4. The van der Waals surface area contributed by atoms with E-state index < -0.39 is 15.8 Å². The Balaban J connectivity index is 2.49. The van der Waals surface area contributed by atoms with Gasteiger partial charge in [-0.05, 0) is 31.0 Å². The standard InChI is InChI=1S/C13H15N3O4S/c1-8-4-9(2)12(5-11(8)13(17)18)21(19,20)7-10-6-16(3)15-14-10/h4-6H,7H2,1-3H3,(H,17,18). The molecular weight excluding hydrogens is 294 g/mol. The smallest absolute Gasteiger partial charge is 0.335 e. The van der Waals surface area contributed by atoms with Crippen LogP contribution in [0.1, 0.15) is 27.2 Å². The van der Waals surface area contributed by atoms with E-state index in [0.29, 0.717) is 16.8 Å². The number of carboxylic acid groups (broad SMARTS) is 1. The molecule has 0 fully saturated rings. The number of carbonyl (C=O) groups is 1. The first-order chi connectivity index (χ1) is 9.70. The maximum absolute atomic E-state index is 12.4. The zero-order valence-corrected chi connectivity index (χ0v) is 12.7. The van der Waals surface area contributed by atoms with Crippen LogP contribution in [-0.4, -0.2) is 34.5 Å². The van der Waals surface area contributed by atoms with Crippen LogP contribution in [0.5, 0.6) is 0 Å². The van der Waals surface area contributed by atoms with Gasteiger partial charge in [0.2, 0.25) is 0 Å². The van der Waals surface area contributed by atoms with Gasteiger partial charge in [-0.1, -0.05) is 11.3 Å². The van der Waals surface area contributed by atoms with Gasteiger partial charge < -0.3 is 5.11 Å². The first-order valence-corrected chi connectivity index (χ1v) is 7.78. The lowest BCUT2D eigenvalue weighted by atomic mass is 10.1. The predicted molar refractivity (Wildman–Crippen MR) is 74.8 cm³/mol. The molecule has 0 saturated heterocycles. The van der Waals surface area contributed by atoms with Gasteiger partial charge in [0.1, 0.15) is 5.75 Å². The molecule has 1 heterocycles. The monoisotopic (exact) mass is 309 g/mol. The Morgan fingerprint density at radius 2 is 1.95 bits per heavy atom. The van der Waals surface area contributed by atoms with Gasteiger partial charge in [-0.2, -0.15) is 0 Å². The quantitative estimate of drug-likeness (QED) is 0.907. The Morgan fingerprint density at radius 1 is 1.29 bits per heavy atom. The predicted octanol–water partition coefficient (Wildman–Crippen LogP) is 1.10. The third-order valence-corrected chi connectivity index (χ3v) is 4.86. The van der Waals surface area contributed by atoms with Gasteiger partial charge >= 0.3 is 5.97 Å². The van der Waals surface area contributed by atoms with E-state index in [-0.39, 0.29) is 16.2 Å². The maximum atomic E-state index is 12.4. The van der Waals surface area contributed by atoms with E-state index in [4.69, 9.17) is 5.11 Å². The number of hydrogen-bond donors (Lipinski definition) is 1. The van der Waals surface area contributed by atoms with Gasteiger partial charge in [0.25, 0.3) is 0 Å². The fourth-order valence-corrected chi connectivity index (χ4v) is 3.66. The Bertz CT molecular complexity index is 809. The molecule has 0 aliphatic carbocycles. The largest absolute Gasteiger partial charge is 0.478 e. The van der Waals surface area contributed by atoms with Crippen LogP contribution < -0.4 is 0 Å². The summed E-state index contributed by atoms with van der Waals surface area (Å²) in [5.41, 5.74) is 1.34. The van der Waals surface area contributed by atoms with Crippen molar-refractivity contribution in [2.45, 2.75) is 24.5 Å². The SMILES string of the molecule is Cc1cc(C)c(S(=O)(=O)Cc2cn(C)nn2)cc1C(=O)O. The molecule has 0 bridgehead atoms. The number of benzene rings is 1.